The summed E-state index contributed by atoms with van der Waals surface area (Å²) in [5, 5.41) is 1.94. The van der Waals surface area contributed by atoms with Crippen LogP contribution in [0.15, 0.2) is 12.1 Å². The SMILES string of the molecule is CC(C)(C)OC(=O)C1C2CN(c3c(F)cc(N4C[C@H](CNC(=O)C(F)F)OC4=O)cc3F)CC21. The van der Waals surface area contributed by atoms with Crippen molar-refractivity contribution in [3.05, 3.63) is 23.8 Å². The predicted molar refractivity (Wildman–Crippen MR) is 112 cm³/mol. The number of rotatable bonds is 6. The Bertz CT molecular complexity index is 980. The molecule has 1 saturated carbocycles. The molecule has 1 N–H and O–H groups in total. The molecule has 1 aromatic carbocycles. The van der Waals surface area contributed by atoms with Crippen molar-refractivity contribution in [1.29, 1.82) is 0 Å². The van der Waals surface area contributed by atoms with Gasteiger partial charge in [0.1, 0.15) is 17.4 Å². The van der Waals surface area contributed by atoms with E-state index in [1.807, 2.05) is 5.32 Å². The van der Waals surface area contributed by atoms with Crippen LogP contribution in [-0.2, 0) is 19.1 Å². The van der Waals surface area contributed by atoms with Gasteiger partial charge in [0.05, 0.1) is 24.7 Å². The van der Waals surface area contributed by atoms with Gasteiger partial charge in [-0.2, -0.15) is 8.78 Å². The number of halogens is 4. The molecule has 1 aliphatic carbocycles. The molecule has 8 nitrogen and oxygen atoms in total. The van der Waals surface area contributed by atoms with Gasteiger partial charge in [0.25, 0.3) is 5.91 Å². The number of hydrogen-bond acceptors (Lipinski definition) is 6. The highest BCUT2D eigenvalue weighted by molar-refractivity contribution is 5.90. The number of nitrogens with zero attached hydrogens (tertiary/aromatic N) is 2. The van der Waals surface area contributed by atoms with Gasteiger partial charge in [-0.1, -0.05) is 0 Å². The Morgan fingerprint density at radius 3 is 2.26 bits per heavy atom. The largest absolute Gasteiger partial charge is 0.460 e. The fourth-order valence-electron chi connectivity index (χ4n) is 4.57. The molecule has 2 heterocycles. The topological polar surface area (TPSA) is 88.2 Å². The summed E-state index contributed by atoms with van der Waals surface area (Å²) < 4.78 is 64.8. The first-order chi connectivity index (χ1) is 15.9. The van der Waals surface area contributed by atoms with Crippen LogP contribution in [0.5, 0.6) is 0 Å². The van der Waals surface area contributed by atoms with Crippen molar-refractivity contribution in [2.75, 3.05) is 36.0 Å². The normalized spacial score (nSPS) is 25.9. The summed E-state index contributed by atoms with van der Waals surface area (Å²) in [7, 11) is 0. The number of carbonyl (C=O) groups is 3. The molecular weight excluding hydrogens is 462 g/mol. The number of piperidine rings is 1. The summed E-state index contributed by atoms with van der Waals surface area (Å²) in [6, 6.07) is 1.99. The number of amides is 2. The zero-order chi connectivity index (χ0) is 24.9. The third-order valence-corrected chi connectivity index (χ3v) is 6.08. The number of hydrogen-bond donors (Lipinski definition) is 1. The van der Waals surface area contributed by atoms with E-state index < -0.39 is 41.8 Å². The zero-order valence-corrected chi connectivity index (χ0v) is 18.8. The van der Waals surface area contributed by atoms with E-state index in [9.17, 15) is 31.9 Å². The second kappa shape index (κ2) is 8.62. The molecule has 34 heavy (non-hydrogen) atoms. The van der Waals surface area contributed by atoms with E-state index in [4.69, 9.17) is 9.47 Å². The van der Waals surface area contributed by atoms with Gasteiger partial charge in [0.15, 0.2) is 11.6 Å². The first-order valence-corrected chi connectivity index (χ1v) is 10.9. The van der Waals surface area contributed by atoms with Gasteiger partial charge in [0.2, 0.25) is 0 Å². The Kier molecular flexibility index (Phi) is 6.11. The maximum absolute atomic E-state index is 14.9. The highest BCUT2D eigenvalue weighted by Gasteiger charge is 2.61. The first-order valence-electron chi connectivity index (χ1n) is 10.9. The Balaban J connectivity index is 1.39. The Morgan fingerprint density at radius 2 is 1.74 bits per heavy atom. The van der Waals surface area contributed by atoms with E-state index >= 15 is 0 Å². The molecule has 1 aromatic rings. The second-order valence-corrected chi connectivity index (χ2v) is 9.71. The molecular formula is C22H25F4N3O5. The van der Waals surface area contributed by atoms with Crippen molar-refractivity contribution in [2.45, 2.75) is 38.9 Å². The molecule has 3 fully saturated rings. The fraction of sp³-hybridized carbons (Fsp3) is 0.591. The van der Waals surface area contributed by atoms with Gasteiger partial charge in [-0.05, 0) is 32.6 Å². The molecule has 2 unspecified atom stereocenters. The summed E-state index contributed by atoms with van der Waals surface area (Å²) >= 11 is 0. The van der Waals surface area contributed by atoms with Crippen LogP contribution in [0.25, 0.3) is 0 Å². The van der Waals surface area contributed by atoms with Crippen LogP contribution >= 0.6 is 0 Å². The first kappa shape index (κ1) is 24.1. The minimum absolute atomic E-state index is 0.0360. The van der Waals surface area contributed by atoms with Crippen LogP contribution in [0.1, 0.15) is 20.8 Å². The fourth-order valence-corrected chi connectivity index (χ4v) is 4.57. The quantitative estimate of drug-likeness (QED) is 0.491. The number of benzene rings is 1. The third-order valence-electron chi connectivity index (χ3n) is 6.08. The Labute approximate surface area is 193 Å². The second-order valence-electron chi connectivity index (χ2n) is 9.71. The van der Waals surface area contributed by atoms with Crippen LogP contribution in [0.2, 0.25) is 0 Å². The molecule has 3 atom stereocenters. The van der Waals surface area contributed by atoms with Crippen LogP contribution in [0.3, 0.4) is 0 Å². The van der Waals surface area contributed by atoms with Crippen molar-refractivity contribution in [2.24, 2.45) is 17.8 Å². The van der Waals surface area contributed by atoms with Gasteiger partial charge in [-0.15, -0.1) is 0 Å². The lowest BCUT2D eigenvalue weighted by atomic mass is 10.1. The third kappa shape index (κ3) is 4.76. The maximum atomic E-state index is 14.9. The van der Waals surface area contributed by atoms with Crippen molar-refractivity contribution in [3.8, 4) is 0 Å². The Morgan fingerprint density at radius 1 is 1.15 bits per heavy atom. The number of cyclic esters (lactones) is 1. The molecule has 4 rings (SSSR count). The highest BCUT2D eigenvalue weighted by atomic mass is 19.3. The molecule has 12 heteroatoms. The number of ether oxygens (including phenoxy) is 2. The van der Waals surface area contributed by atoms with E-state index in [1.165, 1.54) is 4.90 Å². The molecule has 0 aromatic heterocycles. The standard InChI is InChI=1S/C22H25F4N3O5/c1-22(2,3)34-20(31)16-12-8-28(9-13(12)16)17-14(23)4-10(5-15(17)24)29-7-11(33-21(29)32)6-27-19(30)18(25)26/h4-5,11-13,16,18H,6-9H2,1-3H3,(H,27,30)/t11-,12?,13?,16?/m0/s1. The van der Waals surface area contributed by atoms with Crippen molar-refractivity contribution < 1.29 is 41.4 Å². The van der Waals surface area contributed by atoms with Gasteiger partial charge in [-0.3, -0.25) is 14.5 Å². The van der Waals surface area contributed by atoms with E-state index in [-0.39, 0.29) is 48.2 Å². The number of fused-ring (bicyclic) bond motifs is 1. The maximum Gasteiger partial charge on any atom is 0.414 e. The average molecular weight is 487 g/mol. The summed E-state index contributed by atoms with van der Waals surface area (Å²) in [5.41, 5.74) is -0.944. The molecule has 3 aliphatic rings. The molecule has 0 spiro atoms. The van der Waals surface area contributed by atoms with Crippen LogP contribution < -0.4 is 15.1 Å². The summed E-state index contributed by atoms with van der Waals surface area (Å²) in [5.74, 6) is -3.92. The molecule has 2 aliphatic heterocycles. The van der Waals surface area contributed by atoms with Crippen LogP contribution in [0.4, 0.5) is 33.7 Å². The predicted octanol–water partition coefficient (Wildman–Crippen LogP) is 2.70. The van der Waals surface area contributed by atoms with Crippen molar-refractivity contribution >= 4 is 29.3 Å². The lowest BCUT2D eigenvalue weighted by Gasteiger charge is -2.25. The molecule has 2 amide bonds. The summed E-state index contributed by atoms with van der Waals surface area (Å²) in [6.07, 6.45) is -5.07. The summed E-state index contributed by atoms with van der Waals surface area (Å²) in [6.45, 7) is 5.41. The molecule has 186 valence electrons. The average Bonchev–Trinajstić information content (AvgIpc) is 3.02. The smallest absolute Gasteiger partial charge is 0.414 e. The minimum Gasteiger partial charge on any atom is -0.460 e. The molecule has 2 saturated heterocycles. The van der Waals surface area contributed by atoms with E-state index in [0.29, 0.717) is 13.1 Å². The number of carbonyl (C=O) groups excluding carboxylic acids is 3. The molecule has 0 radical (unpaired) electrons. The van der Waals surface area contributed by atoms with Crippen LogP contribution in [0, 0.1) is 29.4 Å². The number of nitrogens with one attached hydrogen (secondary N) is 1. The molecule has 0 bridgehead atoms. The lowest BCUT2D eigenvalue weighted by molar-refractivity contribution is -0.157. The van der Waals surface area contributed by atoms with Gasteiger partial charge < -0.3 is 19.7 Å². The van der Waals surface area contributed by atoms with Gasteiger partial charge in [-0.25, -0.2) is 13.6 Å². The van der Waals surface area contributed by atoms with E-state index in [2.05, 4.69) is 0 Å². The van der Waals surface area contributed by atoms with Gasteiger partial charge in [0, 0.05) is 25.2 Å². The van der Waals surface area contributed by atoms with Crippen LogP contribution in [-0.4, -0.2) is 62.3 Å². The van der Waals surface area contributed by atoms with E-state index in [0.717, 1.165) is 17.0 Å². The number of esters is 1. The zero-order valence-electron chi connectivity index (χ0n) is 18.8. The highest BCUT2D eigenvalue weighted by Crippen LogP contribution is 2.54. The monoisotopic (exact) mass is 487 g/mol. The Hall–Kier alpha value is -3.05. The van der Waals surface area contributed by atoms with Crippen molar-refractivity contribution in [3.63, 3.8) is 0 Å². The number of anilines is 2. The minimum atomic E-state index is -3.21. The number of alkyl halides is 2. The van der Waals surface area contributed by atoms with E-state index in [1.54, 1.807) is 20.8 Å². The lowest BCUT2D eigenvalue weighted by Crippen LogP contribution is -2.37. The summed E-state index contributed by atoms with van der Waals surface area (Å²) in [4.78, 5) is 37.9. The van der Waals surface area contributed by atoms with Gasteiger partial charge >= 0.3 is 18.5 Å². The van der Waals surface area contributed by atoms with Crippen molar-refractivity contribution in [1.82, 2.24) is 5.32 Å².